The molecule has 0 bridgehead atoms. The van der Waals surface area contributed by atoms with Gasteiger partial charge in [0.15, 0.2) is 0 Å². The summed E-state index contributed by atoms with van der Waals surface area (Å²) in [5.41, 5.74) is 7.87. The van der Waals surface area contributed by atoms with Crippen molar-refractivity contribution in [1.82, 2.24) is 10.3 Å². The normalized spacial score (nSPS) is 23.4. The fourth-order valence-corrected chi connectivity index (χ4v) is 4.12. The van der Waals surface area contributed by atoms with Crippen LogP contribution >= 0.6 is 24.8 Å². The van der Waals surface area contributed by atoms with Gasteiger partial charge in [-0.3, -0.25) is 9.78 Å². The maximum absolute atomic E-state index is 12.6. The van der Waals surface area contributed by atoms with Gasteiger partial charge in [-0.15, -0.1) is 24.8 Å². The topological polar surface area (TPSA) is 77.2 Å². The van der Waals surface area contributed by atoms with Crippen LogP contribution < -0.4 is 11.1 Å². The van der Waals surface area contributed by atoms with Gasteiger partial charge >= 0.3 is 0 Å². The van der Waals surface area contributed by atoms with Crippen LogP contribution in [0, 0.1) is 5.92 Å². The van der Waals surface area contributed by atoms with Crippen molar-refractivity contribution in [2.75, 3.05) is 13.2 Å². The average Bonchev–Trinajstić information content (AvgIpc) is 3.25. The van der Waals surface area contributed by atoms with Gasteiger partial charge in [-0.1, -0.05) is 31.0 Å². The van der Waals surface area contributed by atoms with Crippen molar-refractivity contribution in [3.8, 4) is 0 Å². The third-order valence-corrected chi connectivity index (χ3v) is 5.68. The van der Waals surface area contributed by atoms with Gasteiger partial charge in [0.25, 0.3) is 0 Å². The summed E-state index contributed by atoms with van der Waals surface area (Å²) in [6.07, 6.45) is 6.37. The largest absolute Gasteiger partial charge is 0.379 e. The molecule has 1 aliphatic carbocycles. The molecule has 0 unspecified atom stereocenters. The minimum absolute atomic E-state index is 0. The predicted octanol–water partition coefficient (Wildman–Crippen LogP) is 3.02. The van der Waals surface area contributed by atoms with E-state index in [0.29, 0.717) is 13.2 Å². The number of halogens is 2. The Labute approximate surface area is 172 Å². The monoisotopic (exact) mass is 411 g/mol. The van der Waals surface area contributed by atoms with Gasteiger partial charge in [-0.05, 0) is 37.0 Å². The molecule has 1 aromatic carbocycles. The highest BCUT2D eigenvalue weighted by Gasteiger charge is 2.40. The lowest BCUT2D eigenvalue weighted by molar-refractivity contribution is -0.127. The van der Waals surface area contributed by atoms with Crippen LogP contribution in [0.15, 0.2) is 36.5 Å². The number of amides is 1. The van der Waals surface area contributed by atoms with Crippen molar-refractivity contribution >= 4 is 41.6 Å². The summed E-state index contributed by atoms with van der Waals surface area (Å²) in [6.45, 7) is 1.23. The van der Waals surface area contributed by atoms with Crippen molar-refractivity contribution in [2.24, 2.45) is 11.7 Å². The third-order valence-electron chi connectivity index (χ3n) is 5.68. The number of aromatic nitrogens is 1. The number of fused-ring (bicyclic) bond motifs is 1. The fraction of sp³-hybridized carbons (Fsp3) is 0.500. The van der Waals surface area contributed by atoms with Crippen molar-refractivity contribution in [3.63, 3.8) is 0 Å². The lowest BCUT2D eigenvalue weighted by atomic mass is 9.91. The number of nitrogens with two attached hydrogens (primary N) is 1. The van der Waals surface area contributed by atoms with Crippen molar-refractivity contribution in [3.05, 3.63) is 42.1 Å². The maximum Gasteiger partial charge on any atom is 0.240 e. The molecule has 1 saturated heterocycles. The van der Waals surface area contributed by atoms with Crippen LogP contribution in [0.5, 0.6) is 0 Å². The molecule has 7 heteroatoms. The summed E-state index contributed by atoms with van der Waals surface area (Å²) in [6, 6.07) is 10.3. The zero-order valence-corrected chi connectivity index (χ0v) is 16.9. The lowest BCUT2D eigenvalue weighted by Gasteiger charge is -2.27. The van der Waals surface area contributed by atoms with Gasteiger partial charge in [-0.25, -0.2) is 0 Å². The Morgan fingerprint density at radius 1 is 1.19 bits per heavy atom. The molecule has 0 radical (unpaired) electrons. The molecule has 2 fully saturated rings. The number of nitrogens with one attached hydrogen (secondary N) is 1. The zero-order chi connectivity index (χ0) is 17.3. The van der Waals surface area contributed by atoms with Crippen LogP contribution in [0.25, 0.3) is 10.9 Å². The number of ether oxygens (including phenoxy) is 1. The van der Waals surface area contributed by atoms with Gasteiger partial charge < -0.3 is 15.8 Å². The molecule has 5 nitrogen and oxygen atoms in total. The second-order valence-electron chi connectivity index (χ2n) is 7.43. The average molecular weight is 412 g/mol. The summed E-state index contributed by atoms with van der Waals surface area (Å²) in [4.78, 5) is 17.1. The molecular weight excluding hydrogens is 385 g/mol. The lowest BCUT2D eigenvalue weighted by Crippen LogP contribution is -2.55. The number of hydrogen-bond donors (Lipinski definition) is 2. The number of benzene rings is 1. The van der Waals surface area contributed by atoms with E-state index >= 15 is 0 Å². The maximum atomic E-state index is 12.6. The second kappa shape index (κ2) is 9.20. The molecule has 2 aromatic rings. The SMILES string of the molecule is Cl.Cl.NC1(C(=O)N[C@H]2COC[C@H]2Cc2ccnc3ccccc23)CCCC1. The minimum atomic E-state index is -0.684. The predicted molar refractivity (Wildman–Crippen MR) is 112 cm³/mol. The number of carbonyl (C=O) groups is 1. The first-order valence-corrected chi connectivity index (χ1v) is 9.16. The molecule has 27 heavy (non-hydrogen) atoms. The first-order valence-electron chi connectivity index (χ1n) is 9.16. The first kappa shape index (κ1) is 21.9. The van der Waals surface area contributed by atoms with E-state index in [0.717, 1.165) is 37.6 Å². The molecule has 0 spiro atoms. The number of nitrogens with zero attached hydrogens (tertiary/aromatic N) is 1. The fourth-order valence-electron chi connectivity index (χ4n) is 4.12. The molecule has 2 heterocycles. The van der Waals surface area contributed by atoms with E-state index in [9.17, 15) is 4.79 Å². The van der Waals surface area contributed by atoms with E-state index in [1.807, 2.05) is 24.4 Å². The van der Waals surface area contributed by atoms with Crippen molar-refractivity contribution in [1.29, 1.82) is 0 Å². The van der Waals surface area contributed by atoms with Crippen LogP contribution in [0.2, 0.25) is 0 Å². The molecule has 4 rings (SSSR count). The van der Waals surface area contributed by atoms with E-state index < -0.39 is 5.54 Å². The molecule has 1 aliphatic heterocycles. The molecule has 2 atom stereocenters. The highest BCUT2D eigenvalue weighted by Crippen LogP contribution is 2.29. The summed E-state index contributed by atoms with van der Waals surface area (Å²) in [5, 5.41) is 4.35. The summed E-state index contributed by atoms with van der Waals surface area (Å²) in [7, 11) is 0. The summed E-state index contributed by atoms with van der Waals surface area (Å²) < 4.78 is 5.68. The quantitative estimate of drug-likeness (QED) is 0.810. The molecular formula is C20H27Cl2N3O2. The highest BCUT2D eigenvalue weighted by atomic mass is 35.5. The summed E-state index contributed by atoms with van der Waals surface area (Å²) in [5.74, 6) is 0.254. The van der Waals surface area contributed by atoms with Gasteiger partial charge in [0.1, 0.15) is 0 Å². The van der Waals surface area contributed by atoms with Crippen molar-refractivity contribution in [2.45, 2.75) is 43.7 Å². The van der Waals surface area contributed by atoms with Crippen LogP contribution in [0.1, 0.15) is 31.2 Å². The number of para-hydroxylation sites is 1. The second-order valence-corrected chi connectivity index (χ2v) is 7.43. The Bertz CT molecular complexity index is 775. The van der Waals surface area contributed by atoms with E-state index in [1.165, 1.54) is 10.9 Å². The highest BCUT2D eigenvalue weighted by molar-refractivity contribution is 5.87. The number of pyridine rings is 1. The van der Waals surface area contributed by atoms with E-state index in [4.69, 9.17) is 10.5 Å². The summed E-state index contributed by atoms with van der Waals surface area (Å²) >= 11 is 0. The van der Waals surface area contributed by atoms with E-state index in [-0.39, 0.29) is 42.7 Å². The number of carbonyl (C=O) groups excluding carboxylic acids is 1. The van der Waals surface area contributed by atoms with Crippen LogP contribution in [-0.4, -0.2) is 35.7 Å². The molecule has 148 valence electrons. The van der Waals surface area contributed by atoms with E-state index in [1.54, 1.807) is 0 Å². The zero-order valence-electron chi connectivity index (χ0n) is 15.2. The molecule has 1 amide bonds. The van der Waals surface area contributed by atoms with Crippen LogP contribution in [-0.2, 0) is 16.0 Å². The first-order chi connectivity index (χ1) is 12.2. The number of rotatable bonds is 4. The Kier molecular flexibility index (Phi) is 7.46. The molecule has 1 saturated carbocycles. The standard InChI is InChI=1S/C20H25N3O2.2ClH/c21-20(8-3-4-9-20)19(24)23-18-13-25-12-15(18)11-14-7-10-22-17-6-2-1-5-16(14)17;;/h1-2,5-7,10,15,18H,3-4,8-9,11-13,21H2,(H,23,24);2*1H/t15-,18+;;/m1../s1. The number of hydrogen-bond acceptors (Lipinski definition) is 4. The Morgan fingerprint density at radius 2 is 1.93 bits per heavy atom. The Morgan fingerprint density at radius 3 is 2.70 bits per heavy atom. The van der Waals surface area contributed by atoms with Crippen LogP contribution in [0.3, 0.4) is 0 Å². The van der Waals surface area contributed by atoms with Gasteiger partial charge in [0, 0.05) is 17.5 Å². The van der Waals surface area contributed by atoms with E-state index in [2.05, 4.69) is 22.4 Å². The van der Waals surface area contributed by atoms with Crippen molar-refractivity contribution < 1.29 is 9.53 Å². The molecule has 1 aromatic heterocycles. The smallest absolute Gasteiger partial charge is 0.240 e. The van der Waals surface area contributed by atoms with Gasteiger partial charge in [0.2, 0.25) is 5.91 Å². The Hall–Kier alpha value is -1.40. The van der Waals surface area contributed by atoms with Gasteiger partial charge in [0.05, 0.1) is 30.3 Å². The van der Waals surface area contributed by atoms with Gasteiger partial charge in [-0.2, -0.15) is 0 Å². The molecule has 3 N–H and O–H groups in total. The van der Waals surface area contributed by atoms with Crippen LogP contribution in [0.4, 0.5) is 0 Å². The minimum Gasteiger partial charge on any atom is -0.379 e. The third kappa shape index (κ3) is 4.54. The molecule has 2 aliphatic rings. The Balaban J connectivity index is 0.00000131.